The average Bonchev–Trinajstić information content (AvgIpc) is 3.04. The van der Waals surface area contributed by atoms with E-state index in [1.165, 1.54) is 78.4 Å². The number of nitrogens with zero attached hydrogens (tertiary/aromatic N) is 2. The Morgan fingerprint density at radius 2 is 0.630 bits per heavy atom. The molecule has 46 heavy (non-hydrogen) atoms. The molecule has 0 amide bonds. The SMILES string of the molecule is Cc1ccc(N(c2ccc(C)c(C)c2)c2ccc(-c3ccc(N(c4ccc(C)cc4)c4ccc(C)c(C)c4)c(C)c3)cc2C)cc1. The Bertz CT molecular complexity index is 1870. The number of hydrogen-bond donors (Lipinski definition) is 0. The first-order valence-electron chi connectivity index (χ1n) is 16.2. The third-order valence-corrected chi connectivity index (χ3v) is 9.29. The summed E-state index contributed by atoms with van der Waals surface area (Å²) in [5.74, 6) is 0. The van der Waals surface area contributed by atoms with Crippen LogP contribution in [0.3, 0.4) is 0 Å². The second-order valence-corrected chi connectivity index (χ2v) is 12.9. The highest BCUT2D eigenvalue weighted by atomic mass is 15.1. The lowest BCUT2D eigenvalue weighted by atomic mass is 9.98. The second-order valence-electron chi connectivity index (χ2n) is 12.9. The molecule has 0 spiro atoms. The minimum atomic E-state index is 1.16. The van der Waals surface area contributed by atoms with Crippen LogP contribution in [-0.2, 0) is 0 Å². The van der Waals surface area contributed by atoms with E-state index in [1.54, 1.807) is 0 Å². The topological polar surface area (TPSA) is 6.48 Å². The lowest BCUT2D eigenvalue weighted by Gasteiger charge is -2.29. The number of anilines is 6. The molecule has 0 N–H and O–H groups in total. The van der Waals surface area contributed by atoms with E-state index in [-0.39, 0.29) is 0 Å². The maximum Gasteiger partial charge on any atom is 0.0491 e. The predicted octanol–water partition coefficient (Wildman–Crippen LogP) is 12.8. The van der Waals surface area contributed by atoms with Crippen LogP contribution >= 0.6 is 0 Å². The molecule has 6 aromatic rings. The first-order chi connectivity index (χ1) is 22.1. The van der Waals surface area contributed by atoms with Gasteiger partial charge < -0.3 is 9.80 Å². The zero-order valence-electron chi connectivity index (χ0n) is 28.4. The molecular formula is C44H44N2. The van der Waals surface area contributed by atoms with E-state index < -0.39 is 0 Å². The molecule has 0 fully saturated rings. The van der Waals surface area contributed by atoms with E-state index in [1.807, 2.05) is 0 Å². The zero-order valence-corrected chi connectivity index (χ0v) is 28.4. The Kier molecular flexibility index (Phi) is 8.56. The van der Waals surface area contributed by atoms with Gasteiger partial charge in [0.15, 0.2) is 0 Å². The molecule has 0 radical (unpaired) electrons. The van der Waals surface area contributed by atoms with Crippen LogP contribution in [0.5, 0.6) is 0 Å². The maximum absolute atomic E-state index is 2.38. The van der Waals surface area contributed by atoms with Crippen LogP contribution < -0.4 is 9.80 Å². The van der Waals surface area contributed by atoms with Crippen molar-refractivity contribution in [3.8, 4) is 11.1 Å². The molecule has 0 heterocycles. The van der Waals surface area contributed by atoms with Crippen molar-refractivity contribution in [3.05, 3.63) is 166 Å². The smallest absolute Gasteiger partial charge is 0.0491 e. The Labute approximate surface area is 275 Å². The molecule has 0 aromatic heterocycles. The summed E-state index contributed by atoms with van der Waals surface area (Å²) in [6.07, 6.45) is 0. The summed E-state index contributed by atoms with van der Waals surface area (Å²) in [7, 11) is 0. The quantitative estimate of drug-likeness (QED) is 0.180. The van der Waals surface area contributed by atoms with Crippen molar-refractivity contribution in [3.63, 3.8) is 0 Å². The predicted molar refractivity (Wildman–Crippen MR) is 199 cm³/mol. The van der Waals surface area contributed by atoms with Gasteiger partial charge >= 0.3 is 0 Å². The third kappa shape index (κ3) is 6.21. The first-order valence-corrected chi connectivity index (χ1v) is 16.2. The highest BCUT2D eigenvalue weighted by Crippen LogP contribution is 2.41. The van der Waals surface area contributed by atoms with Gasteiger partial charge in [0.2, 0.25) is 0 Å². The fourth-order valence-corrected chi connectivity index (χ4v) is 6.14. The Morgan fingerprint density at radius 3 is 0.957 bits per heavy atom. The van der Waals surface area contributed by atoms with Crippen molar-refractivity contribution >= 4 is 34.1 Å². The van der Waals surface area contributed by atoms with Gasteiger partial charge in [0, 0.05) is 34.1 Å². The normalized spacial score (nSPS) is 11.0. The monoisotopic (exact) mass is 600 g/mol. The molecule has 0 aliphatic rings. The highest BCUT2D eigenvalue weighted by Gasteiger charge is 2.18. The lowest BCUT2D eigenvalue weighted by Crippen LogP contribution is -2.12. The first kappa shape index (κ1) is 30.9. The number of rotatable bonds is 7. The van der Waals surface area contributed by atoms with Crippen LogP contribution in [-0.4, -0.2) is 0 Å². The Balaban J connectivity index is 1.40. The van der Waals surface area contributed by atoms with Gasteiger partial charge in [-0.3, -0.25) is 0 Å². The summed E-state index contributed by atoms with van der Waals surface area (Å²) in [4.78, 5) is 4.75. The van der Waals surface area contributed by atoms with Crippen LogP contribution in [0.2, 0.25) is 0 Å². The van der Waals surface area contributed by atoms with Gasteiger partial charge in [-0.1, -0.05) is 59.7 Å². The molecule has 0 bridgehead atoms. The number of hydrogen-bond acceptors (Lipinski definition) is 2. The Morgan fingerprint density at radius 1 is 0.283 bits per heavy atom. The fourth-order valence-electron chi connectivity index (χ4n) is 6.14. The molecule has 0 atom stereocenters. The van der Waals surface area contributed by atoms with Crippen molar-refractivity contribution in [2.24, 2.45) is 0 Å². The van der Waals surface area contributed by atoms with E-state index in [4.69, 9.17) is 0 Å². The maximum atomic E-state index is 2.38. The molecule has 2 nitrogen and oxygen atoms in total. The molecule has 6 rings (SSSR count). The summed E-state index contributed by atoms with van der Waals surface area (Å²) in [5.41, 5.74) is 19.6. The van der Waals surface area contributed by atoms with Gasteiger partial charge in [0.1, 0.15) is 0 Å². The molecule has 0 saturated heterocycles. The molecule has 0 aliphatic heterocycles. The molecule has 0 unspecified atom stereocenters. The Hall–Kier alpha value is -5.08. The minimum Gasteiger partial charge on any atom is -0.310 e. The highest BCUT2D eigenvalue weighted by molar-refractivity contribution is 5.83. The minimum absolute atomic E-state index is 1.16. The lowest BCUT2D eigenvalue weighted by molar-refractivity contribution is 1.22. The van der Waals surface area contributed by atoms with Crippen molar-refractivity contribution in [2.75, 3.05) is 9.80 Å². The second kappa shape index (κ2) is 12.7. The van der Waals surface area contributed by atoms with E-state index in [0.29, 0.717) is 0 Å². The molecule has 6 aromatic carbocycles. The summed E-state index contributed by atoms with van der Waals surface area (Å²) in [6.45, 7) is 17.4. The molecule has 2 heteroatoms. The van der Waals surface area contributed by atoms with Crippen molar-refractivity contribution in [1.82, 2.24) is 0 Å². The van der Waals surface area contributed by atoms with E-state index in [9.17, 15) is 0 Å². The van der Waals surface area contributed by atoms with Crippen LogP contribution in [0.25, 0.3) is 11.1 Å². The van der Waals surface area contributed by atoms with Crippen LogP contribution in [0.1, 0.15) is 44.5 Å². The zero-order chi connectivity index (χ0) is 32.5. The van der Waals surface area contributed by atoms with Crippen LogP contribution in [0.4, 0.5) is 34.1 Å². The standard InChI is InChI=1S/C44H44N2/c1-29-9-17-39(18-10-29)45(41-21-13-31(3)33(5)27-41)43-23-15-37(25-35(43)7)38-16-24-44(36(8)26-38)46(40-19-11-30(2)12-20-40)42-22-14-32(4)34(6)28-42/h9-28H,1-8H3. The number of aryl methyl sites for hydroxylation is 8. The third-order valence-electron chi connectivity index (χ3n) is 9.29. The molecule has 230 valence electrons. The summed E-state index contributed by atoms with van der Waals surface area (Å²) in [6, 6.07) is 44.8. The van der Waals surface area contributed by atoms with Crippen LogP contribution in [0, 0.1) is 55.4 Å². The van der Waals surface area contributed by atoms with Crippen LogP contribution in [0.15, 0.2) is 121 Å². The van der Waals surface area contributed by atoms with Crippen molar-refractivity contribution in [2.45, 2.75) is 55.4 Å². The molecule has 0 aliphatic carbocycles. The van der Waals surface area contributed by atoms with E-state index in [0.717, 1.165) is 11.4 Å². The van der Waals surface area contributed by atoms with Gasteiger partial charge in [-0.15, -0.1) is 0 Å². The van der Waals surface area contributed by atoms with Gasteiger partial charge in [-0.2, -0.15) is 0 Å². The summed E-state index contributed by atoms with van der Waals surface area (Å²) in [5, 5.41) is 0. The van der Waals surface area contributed by atoms with Gasteiger partial charge in [-0.25, -0.2) is 0 Å². The summed E-state index contributed by atoms with van der Waals surface area (Å²) >= 11 is 0. The average molecular weight is 601 g/mol. The van der Waals surface area contributed by atoms with Gasteiger partial charge in [0.05, 0.1) is 0 Å². The van der Waals surface area contributed by atoms with E-state index in [2.05, 4.69) is 187 Å². The van der Waals surface area contributed by atoms with Crippen molar-refractivity contribution < 1.29 is 0 Å². The van der Waals surface area contributed by atoms with Gasteiger partial charge in [0.25, 0.3) is 0 Å². The number of benzene rings is 6. The van der Waals surface area contributed by atoms with Gasteiger partial charge in [-0.05, 0) is 173 Å². The fraction of sp³-hybridized carbons (Fsp3) is 0.182. The molecular weight excluding hydrogens is 556 g/mol. The van der Waals surface area contributed by atoms with E-state index >= 15 is 0 Å². The largest absolute Gasteiger partial charge is 0.310 e. The molecule has 0 saturated carbocycles. The summed E-state index contributed by atoms with van der Waals surface area (Å²) < 4.78 is 0. The van der Waals surface area contributed by atoms with Crippen molar-refractivity contribution in [1.29, 1.82) is 0 Å².